The molecule has 33 heavy (non-hydrogen) atoms. The van der Waals surface area contributed by atoms with E-state index in [1.807, 2.05) is 10.6 Å². The molecule has 2 amide bonds. The van der Waals surface area contributed by atoms with Gasteiger partial charge in [-0.25, -0.2) is 27.2 Å². The second-order valence-corrected chi connectivity index (χ2v) is 8.59. The van der Waals surface area contributed by atoms with Crippen molar-refractivity contribution in [3.8, 4) is 0 Å². The summed E-state index contributed by atoms with van der Waals surface area (Å²) in [6.45, 7) is 11.3. The lowest BCUT2D eigenvalue weighted by Gasteiger charge is -2.22. The average Bonchev–Trinajstić information content (AvgIpc) is 2.58. The van der Waals surface area contributed by atoms with Crippen LogP contribution in [0.2, 0.25) is 0 Å². The first-order chi connectivity index (χ1) is 14.9. The van der Waals surface area contributed by atoms with Crippen molar-refractivity contribution in [1.82, 2.24) is 10.6 Å². The van der Waals surface area contributed by atoms with Gasteiger partial charge in [-0.2, -0.15) is 0 Å². The fourth-order valence-corrected chi connectivity index (χ4v) is 1.85. The monoisotopic (exact) mass is 490 g/mol. The van der Waals surface area contributed by atoms with Gasteiger partial charge >= 0.3 is 18.2 Å². The maximum Gasteiger partial charge on any atom is 0.408 e. The summed E-state index contributed by atoms with van der Waals surface area (Å²) in [5, 5.41) is 3.88. The lowest BCUT2D eigenvalue weighted by molar-refractivity contribution is -0.144. The molecule has 13 heteroatoms. The van der Waals surface area contributed by atoms with Gasteiger partial charge in [-0.1, -0.05) is 0 Å². The molecule has 0 saturated carbocycles. The molecule has 0 aliphatic heterocycles. The summed E-state index contributed by atoms with van der Waals surface area (Å²) in [7, 11) is 0. The normalized spacial score (nSPS) is 13.2. The van der Waals surface area contributed by atoms with Crippen LogP contribution in [0.25, 0.3) is 0 Å². The lowest BCUT2D eigenvalue weighted by atomic mass is 10.2. The number of carbonyl (C=O) groups excluding carboxylic acids is 4. The van der Waals surface area contributed by atoms with Crippen LogP contribution < -0.4 is 10.6 Å². The zero-order valence-corrected chi connectivity index (χ0v) is 19.9. The maximum atomic E-state index is 12.6. The summed E-state index contributed by atoms with van der Waals surface area (Å²) in [6.07, 6.45) is -8.30. The first-order valence-corrected chi connectivity index (χ1v) is 10.1. The molecule has 0 spiro atoms. The molecule has 0 saturated heterocycles. The Morgan fingerprint density at radius 3 is 1.52 bits per heavy atom. The predicted molar refractivity (Wildman–Crippen MR) is 110 cm³/mol. The van der Waals surface area contributed by atoms with Gasteiger partial charge in [0.1, 0.15) is 23.5 Å². The number of carbonyl (C=O) groups is 4. The lowest BCUT2D eigenvalue weighted by Crippen LogP contribution is -2.44. The molecule has 2 unspecified atom stereocenters. The van der Waals surface area contributed by atoms with Crippen molar-refractivity contribution in [3.63, 3.8) is 0 Å². The zero-order valence-electron chi connectivity index (χ0n) is 19.9. The largest absolute Gasteiger partial charge is 0.466 e. The summed E-state index contributed by atoms with van der Waals surface area (Å²) >= 11 is 0. The number of nitrogens with one attached hydrogen (secondary N) is 2. The van der Waals surface area contributed by atoms with Crippen LogP contribution in [0.4, 0.5) is 27.2 Å². The van der Waals surface area contributed by atoms with Gasteiger partial charge in [-0.15, -0.1) is 0 Å². The Kier molecular flexibility index (Phi) is 15.1. The minimum absolute atomic E-state index is 0.0984. The number of aldehydes is 1. The van der Waals surface area contributed by atoms with Crippen LogP contribution >= 0.6 is 0 Å². The Balaban J connectivity index is 0. The highest BCUT2D eigenvalue weighted by Crippen LogP contribution is 2.11. The van der Waals surface area contributed by atoms with E-state index in [0.29, 0.717) is 6.29 Å². The molecule has 0 aromatic rings. The molecular formula is C20H34F4N2O7. The van der Waals surface area contributed by atoms with E-state index in [0.717, 1.165) is 0 Å². The number of halogens is 4. The molecule has 0 bridgehead atoms. The number of alkyl carbamates (subject to hydrolysis) is 2. The van der Waals surface area contributed by atoms with Crippen molar-refractivity contribution in [2.45, 2.75) is 97.4 Å². The number of hydrogen-bond donors (Lipinski definition) is 2. The summed E-state index contributed by atoms with van der Waals surface area (Å²) in [4.78, 5) is 43.5. The molecule has 0 aliphatic rings. The summed E-state index contributed by atoms with van der Waals surface area (Å²) in [5.74, 6) is -0.793. The SMILES string of the molecule is CC(C)(C)OC(=O)NC(CC=O)C(F)F.CCOC(=O)CC(NC(=O)OC(C)(C)C)C(F)F. The van der Waals surface area contributed by atoms with E-state index in [9.17, 15) is 36.7 Å². The number of hydrogen-bond acceptors (Lipinski definition) is 7. The Morgan fingerprint density at radius 2 is 1.21 bits per heavy atom. The molecule has 0 aliphatic carbocycles. The smallest absolute Gasteiger partial charge is 0.408 e. The second kappa shape index (κ2) is 15.3. The van der Waals surface area contributed by atoms with E-state index in [1.165, 1.54) is 0 Å². The van der Waals surface area contributed by atoms with Crippen LogP contribution in [0.1, 0.15) is 61.3 Å². The summed E-state index contributed by atoms with van der Waals surface area (Å²) in [6, 6.07) is -3.10. The zero-order chi connectivity index (χ0) is 26.4. The topological polar surface area (TPSA) is 120 Å². The number of amides is 2. The molecule has 2 N–H and O–H groups in total. The van der Waals surface area contributed by atoms with Gasteiger partial charge in [0.15, 0.2) is 0 Å². The molecule has 9 nitrogen and oxygen atoms in total. The first kappa shape index (κ1) is 32.6. The number of alkyl halides is 4. The van der Waals surface area contributed by atoms with Gasteiger partial charge in [-0.05, 0) is 48.5 Å². The fourth-order valence-electron chi connectivity index (χ4n) is 1.85. The van der Waals surface area contributed by atoms with E-state index in [-0.39, 0.29) is 6.61 Å². The van der Waals surface area contributed by atoms with Gasteiger partial charge in [0.25, 0.3) is 12.9 Å². The van der Waals surface area contributed by atoms with Crippen LogP contribution in [0, 0.1) is 0 Å². The molecule has 0 radical (unpaired) electrons. The van der Waals surface area contributed by atoms with Gasteiger partial charge in [0, 0.05) is 6.42 Å². The summed E-state index contributed by atoms with van der Waals surface area (Å²) < 4.78 is 63.9. The fraction of sp³-hybridized carbons (Fsp3) is 0.800. The van der Waals surface area contributed by atoms with Crippen molar-refractivity contribution in [2.75, 3.05) is 6.61 Å². The number of rotatable bonds is 9. The minimum Gasteiger partial charge on any atom is -0.466 e. The van der Waals surface area contributed by atoms with Crippen molar-refractivity contribution in [1.29, 1.82) is 0 Å². The van der Waals surface area contributed by atoms with Crippen LogP contribution in [-0.4, -0.2) is 67.2 Å². The highest BCUT2D eigenvalue weighted by molar-refractivity contribution is 5.73. The number of ether oxygens (including phenoxy) is 3. The van der Waals surface area contributed by atoms with Crippen LogP contribution in [0.3, 0.4) is 0 Å². The second-order valence-electron chi connectivity index (χ2n) is 8.59. The highest BCUT2D eigenvalue weighted by atomic mass is 19.3. The van der Waals surface area contributed by atoms with Crippen molar-refractivity contribution in [2.24, 2.45) is 0 Å². The third kappa shape index (κ3) is 19.8. The molecule has 0 fully saturated rings. The van der Waals surface area contributed by atoms with Crippen LogP contribution in [0.15, 0.2) is 0 Å². The van der Waals surface area contributed by atoms with Crippen LogP contribution in [-0.2, 0) is 23.8 Å². The van der Waals surface area contributed by atoms with Gasteiger partial charge < -0.3 is 29.6 Å². The Morgan fingerprint density at radius 1 is 0.818 bits per heavy atom. The number of esters is 1. The predicted octanol–water partition coefficient (Wildman–Crippen LogP) is 3.83. The van der Waals surface area contributed by atoms with E-state index in [1.54, 1.807) is 48.5 Å². The van der Waals surface area contributed by atoms with Gasteiger partial charge in [0.05, 0.1) is 19.1 Å². The van der Waals surface area contributed by atoms with Crippen molar-refractivity contribution in [3.05, 3.63) is 0 Å². The molecule has 0 aromatic heterocycles. The van der Waals surface area contributed by atoms with E-state index < -0.39 is 67.1 Å². The standard InChI is InChI=1S/C11H19F2NO4.C9H15F2NO3/c1-5-17-8(15)6-7(9(12)13)14-10(16)18-11(2,3)4;1-9(2,3)15-8(14)12-6(4-5-13)7(10)11/h7,9H,5-6H2,1-4H3,(H,14,16);5-7H,4H2,1-3H3,(H,12,14). The quantitative estimate of drug-likeness (QED) is 0.218. The van der Waals surface area contributed by atoms with Gasteiger partial charge in [0.2, 0.25) is 0 Å². The third-order valence-electron chi connectivity index (χ3n) is 3.05. The Hall–Kier alpha value is -2.60. The third-order valence-corrected chi connectivity index (χ3v) is 3.05. The first-order valence-electron chi connectivity index (χ1n) is 10.1. The molecule has 0 heterocycles. The highest BCUT2D eigenvalue weighted by Gasteiger charge is 2.28. The van der Waals surface area contributed by atoms with Crippen LogP contribution in [0.5, 0.6) is 0 Å². The Labute approximate surface area is 190 Å². The molecule has 0 aromatic carbocycles. The average molecular weight is 490 g/mol. The molecule has 0 rings (SSSR count). The van der Waals surface area contributed by atoms with E-state index in [4.69, 9.17) is 9.47 Å². The maximum absolute atomic E-state index is 12.6. The summed E-state index contributed by atoms with van der Waals surface area (Å²) in [5.41, 5.74) is -1.54. The van der Waals surface area contributed by atoms with Crippen molar-refractivity contribution < 1.29 is 51.0 Å². The molecule has 2 atom stereocenters. The van der Waals surface area contributed by atoms with Gasteiger partial charge in [-0.3, -0.25) is 4.79 Å². The van der Waals surface area contributed by atoms with E-state index >= 15 is 0 Å². The molecule has 194 valence electrons. The Bertz CT molecular complexity index is 621. The molecular weight excluding hydrogens is 456 g/mol. The van der Waals surface area contributed by atoms with Crippen molar-refractivity contribution >= 4 is 24.4 Å². The minimum atomic E-state index is -2.87. The van der Waals surface area contributed by atoms with E-state index in [2.05, 4.69) is 4.74 Å².